The highest BCUT2D eigenvalue weighted by molar-refractivity contribution is 7.10. The molecule has 0 atom stereocenters. The molecule has 0 aliphatic rings. The molecule has 0 saturated carbocycles. The molecule has 0 unspecified atom stereocenters. The van der Waals surface area contributed by atoms with Gasteiger partial charge in [-0.1, -0.05) is 24.3 Å². The third-order valence-corrected chi connectivity index (χ3v) is 5.36. The Kier molecular flexibility index (Phi) is 5.11. The number of pyridine rings is 1. The Bertz CT molecular complexity index is 1280. The van der Waals surface area contributed by atoms with Crippen molar-refractivity contribution in [1.82, 2.24) is 19.8 Å². The van der Waals surface area contributed by atoms with E-state index < -0.39 is 5.91 Å². The zero-order valence-corrected chi connectivity index (χ0v) is 16.4. The van der Waals surface area contributed by atoms with Crippen molar-refractivity contribution in [1.29, 1.82) is 0 Å². The molecule has 1 aromatic carbocycles. The van der Waals surface area contributed by atoms with Gasteiger partial charge in [-0.25, -0.2) is 10.5 Å². The monoisotopic (exact) mass is 406 g/mol. The standard InChI is InChI=1S/C21H18N4O3S/c1-13-20(25-9-8-16(26)11-18(25)22-13)17-12-29-19(23-17)7-3-5-14-4-2-6-15(10-14)21(27)24-28/h2-6,8-12,22,28H,7H2,1H3,(H,24,27)/b5-3+. The van der Waals surface area contributed by atoms with Crippen LogP contribution in [0.2, 0.25) is 0 Å². The van der Waals surface area contributed by atoms with Gasteiger partial charge in [0.15, 0.2) is 5.43 Å². The average Bonchev–Trinajstić information content (AvgIpc) is 3.30. The molecule has 3 heterocycles. The number of hydrogen-bond donors (Lipinski definition) is 3. The van der Waals surface area contributed by atoms with Crippen LogP contribution in [-0.4, -0.2) is 25.5 Å². The fourth-order valence-electron chi connectivity index (χ4n) is 3.18. The molecular formula is C21H18N4O3S. The van der Waals surface area contributed by atoms with Crippen molar-refractivity contribution in [3.63, 3.8) is 0 Å². The van der Waals surface area contributed by atoms with Crippen molar-refractivity contribution in [2.75, 3.05) is 0 Å². The molecule has 0 spiro atoms. The first-order valence-electron chi connectivity index (χ1n) is 8.92. The maximum Gasteiger partial charge on any atom is 0.274 e. The summed E-state index contributed by atoms with van der Waals surface area (Å²) in [5.74, 6) is -0.541. The van der Waals surface area contributed by atoms with E-state index in [9.17, 15) is 9.59 Å². The number of aryl methyl sites for hydroxylation is 1. The molecule has 1 amide bonds. The van der Waals surface area contributed by atoms with Crippen molar-refractivity contribution in [3.8, 4) is 11.4 Å². The second-order valence-electron chi connectivity index (χ2n) is 6.52. The summed E-state index contributed by atoms with van der Waals surface area (Å²) in [6.07, 6.45) is 6.30. The molecule has 0 bridgehead atoms. The van der Waals surface area contributed by atoms with Crippen LogP contribution in [0.15, 0.2) is 58.8 Å². The number of fused-ring (bicyclic) bond motifs is 1. The number of thiazole rings is 1. The van der Waals surface area contributed by atoms with Gasteiger partial charge in [0.2, 0.25) is 0 Å². The van der Waals surface area contributed by atoms with Gasteiger partial charge in [0.1, 0.15) is 11.3 Å². The van der Waals surface area contributed by atoms with Gasteiger partial charge in [-0.2, -0.15) is 0 Å². The highest BCUT2D eigenvalue weighted by Gasteiger charge is 2.13. The number of carbonyl (C=O) groups is 1. The zero-order valence-electron chi connectivity index (χ0n) is 15.5. The van der Waals surface area contributed by atoms with Crippen LogP contribution in [-0.2, 0) is 6.42 Å². The number of amides is 1. The molecular weight excluding hydrogens is 388 g/mol. The quantitative estimate of drug-likeness (QED) is 0.349. The molecule has 0 saturated heterocycles. The van der Waals surface area contributed by atoms with E-state index >= 15 is 0 Å². The van der Waals surface area contributed by atoms with E-state index in [4.69, 9.17) is 10.2 Å². The van der Waals surface area contributed by atoms with Crippen LogP contribution in [0.25, 0.3) is 23.1 Å². The molecule has 29 heavy (non-hydrogen) atoms. The maximum absolute atomic E-state index is 11.6. The molecule has 0 fully saturated rings. The third-order valence-electron chi connectivity index (χ3n) is 4.49. The molecule has 3 aromatic heterocycles. The Balaban J connectivity index is 1.54. The van der Waals surface area contributed by atoms with Crippen LogP contribution >= 0.6 is 11.3 Å². The number of carbonyl (C=O) groups excluding carboxylic acids is 1. The molecule has 7 nitrogen and oxygen atoms in total. The van der Waals surface area contributed by atoms with E-state index in [1.54, 1.807) is 47.3 Å². The van der Waals surface area contributed by atoms with E-state index in [1.165, 1.54) is 6.07 Å². The van der Waals surface area contributed by atoms with Gasteiger partial charge < -0.3 is 4.98 Å². The van der Waals surface area contributed by atoms with Crippen LogP contribution in [0, 0.1) is 6.92 Å². The molecule has 4 rings (SSSR count). The zero-order chi connectivity index (χ0) is 20.4. The minimum Gasteiger partial charge on any atom is -0.343 e. The van der Waals surface area contributed by atoms with Crippen LogP contribution in [0.5, 0.6) is 0 Å². The van der Waals surface area contributed by atoms with E-state index in [2.05, 4.69) is 4.98 Å². The van der Waals surface area contributed by atoms with Gasteiger partial charge in [-0.3, -0.25) is 19.2 Å². The van der Waals surface area contributed by atoms with Crippen molar-refractivity contribution in [2.45, 2.75) is 13.3 Å². The number of rotatable bonds is 5. The van der Waals surface area contributed by atoms with Crippen molar-refractivity contribution in [2.24, 2.45) is 0 Å². The number of hydroxylamine groups is 1. The lowest BCUT2D eigenvalue weighted by atomic mass is 10.1. The van der Waals surface area contributed by atoms with Crippen molar-refractivity contribution >= 4 is 29.0 Å². The van der Waals surface area contributed by atoms with Crippen LogP contribution in [0.1, 0.15) is 26.6 Å². The maximum atomic E-state index is 11.6. The van der Waals surface area contributed by atoms with E-state index in [0.29, 0.717) is 12.0 Å². The largest absolute Gasteiger partial charge is 0.343 e. The number of nitrogens with one attached hydrogen (secondary N) is 2. The second-order valence-corrected chi connectivity index (χ2v) is 7.46. The summed E-state index contributed by atoms with van der Waals surface area (Å²) >= 11 is 1.57. The summed E-state index contributed by atoms with van der Waals surface area (Å²) in [5.41, 5.74) is 6.32. The van der Waals surface area contributed by atoms with Crippen LogP contribution in [0.4, 0.5) is 0 Å². The SMILES string of the molecule is Cc1[nH]c2cc(=O)ccn2c1-c1csc(C/C=C/c2cccc(C(=O)NO)c2)n1. The summed E-state index contributed by atoms with van der Waals surface area (Å²) in [6, 6.07) is 10.1. The topological polar surface area (TPSA) is 99.5 Å². The third kappa shape index (κ3) is 3.89. The first-order valence-corrected chi connectivity index (χ1v) is 9.80. The number of aromatic nitrogens is 3. The summed E-state index contributed by atoms with van der Waals surface area (Å²) in [7, 11) is 0. The fraction of sp³-hybridized carbons (Fsp3) is 0.0952. The molecule has 3 N–H and O–H groups in total. The number of nitrogens with zero attached hydrogens (tertiary/aromatic N) is 2. The molecule has 8 heteroatoms. The lowest BCUT2D eigenvalue weighted by Crippen LogP contribution is -2.18. The van der Waals surface area contributed by atoms with E-state index in [1.807, 2.05) is 34.9 Å². The lowest BCUT2D eigenvalue weighted by molar-refractivity contribution is 0.0706. The van der Waals surface area contributed by atoms with Gasteiger partial charge in [-0.15, -0.1) is 11.3 Å². The Morgan fingerprint density at radius 1 is 1.34 bits per heavy atom. The van der Waals surface area contributed by atoms with Crippen LogP contribution < -0.4 is 10.9 Å². The minimum atomic E-state index is -0.541. The molecule has 4 aromatic rings. The predicted octanol–water partition coefficient (Wildman–Crippen LogP) is 3.43. The average molecular weight is 406 g/mol. The molecule has 0 radical (unpaired) electrons. The Morgan fingerprint density at radius 3 is 3.03 bits per heavy atom. The van der Waals surface area contributed by atoms with E-state index in [-0.39, 0.29) is 5.43 Å². The lowest BCUT2D eigenvalue weighted by Gasteiger charge is -2.00. The van der Waals surface area contributed by atoms with Gasteiger partial charge in [0, 0.05) is 41.4 Å². The summed E-state index contributed by atoms with van der Waals surface area (Å²) in [5, 5.41) is 11.7. The Hall–Kier alpha value is -3.49. The first kappa shape index (κ1) is 18.9. The first-order chi connectivity index (χ1) is 14.0. The summed E-state index contributed by atoms with van der Waals surface area (Å²) < 4.78 is 1.93. The number of H-pyrrole nitrogens is 1. The van der Waals surface area contributed by atoms with E-state index in [0.717, 1.165) is 33.3 Å². The summed E-state index contributed by atoms with van der Waals surface area (Å²) in [4.78, 5) is 31.0. The second kappa shape index (κ2) is 7.86. The Labute approximate surface area is 169 Å². The normalized spacial score (nSPS) is 11.4. The minimum absolute atomic E-state index is 0.0394. The molecule has 0 aliphatic heterocycles. The number of hydrogen-bond acceptors (Lipinski definition) is 5. The highest BCUT2D eigenvalue weighted by atomic mass is 32.1. The number of allylic oxidation sites excluding steroid dienone is 1. The van der Waals surface area contributed by atoms with Gasteiger partial charge in [-0.05, 0) is 24.6 Å². The predicted molar refractivity (Wildman–Crippen MR) is 112 cm³/mol. The fourth-order valence-corrected chi connectivity index (χ4v) is 3.93. The smallest absolute Gasteiger partial charge is 0.274 e. The van der Waals surface area contributed by atoms with Crippen LogP contribution in [0.3, 0.4) is 0 Å². The molecule has 146 valence electrons. The number of imidazole rings is 1. The van der Waals surface area contributed by atoms with Gasteiger partial charge >= 0.3 is 0 Å². The highest BCUT2D eigenvalue weighted by Crippen LogP contribution is 2.26. The van der Waals surface area contributed by atoms with Gasteiger partial charge in [0.25, 0.3) is 5.91 Å². The van der Waals surface area contributed by atoms with Crippen molar-refractivity contribution < 1.29 is 10.0 Å². The molecule has 0 aliphatic carbocycles. The van der Waals surface area contributed by atoms with Crippen molar-refractivity contribution in [3.05, 3.63) is 86.1 Å². The number of aromatic amines is 1. The number of benzene rings is 1. The Morgan fingerprint density at radius 2 is 2.21 bits per heavy atom. The summed E-state index contributed by atoms with van der Waals surface area (Å²) in [6.45, 7) is 1.96. The van der Waals surface area contributed by atoms with Gasteiger partial charge in [0.05, 0.1) is 10.7 Å².